The lowest BCUT2D eigenvalue weighted by Gasteiger charge is -1.96. The Morgan fingerprint density at radius 2 is 2.21 bits per heavy atom. The van der Waals surface area contributed by atoms with Crippen molar-refractivity contribution in [2.75, 3.05) is 5.84 Å². The lowest BCUT2D eigenvalue weighted by atomic mass is 10.4. The lowest BCUT2D eigenvalue weighted by Crippen LogP contribution is -2.10. The summed E-state index contributed by atoms with van der Waals surface area (Å²) in [6.07, 6.45) is 4.75. The molecule has 0 fully saturated rings. The van der Waals surface area contributed by atoms with E-state index in [1.165, 1.54) is 9.36 Å². The minimum absolute atomic E-state index is 0.436. The molecule has 0 amide bonds. The fourth-order valence-electron chi connectivity index (χ4n) is 1.07. The van der Waals surface area contributed by atoms with E-state index in [-0.39, 0.29) is 0 Å². The van der Waals surface area contributed by atoms with Crippen molar-refractivity contribution in [2.24, 2.45) is 7.05 Å². The lowest BCUT2D eigenvalue weighted by molar-refractivity contribution is 0.747. The van der Waals surface area contributed by atoms with Gasteiger partial charge in [-0.15, -0.1) is 5.10 Å². The van der Waals surface area contributed by atoms with Crippen molar-refractivity contribution in [1.82, 2.24) is 24.4 Å². The van der Waals surface area contributed by atoms with Crippen molar-refractivity contribution in [2.45, 2.75) is 0 Å². The molecule has 0 spiro atoms. The summed E-state index contributed by atoms with van der Waals surface area (Å²) in [5.41, 5.74) is 0.599. The van der Waals surface area contributed by atoms with E-state index in [2.05, 4.69) is 15.1 Å². The largest absolute Gasteiger partial charge is 0.335 e. The molecule has 0 atom stereocenters. The molecule has 0 radical (unpaired) electrons. The van der Waals surface area contributed by atoms with Crippen LogP contribution in [-0.4, -0.2) is 24.4 Å². The molecule has 0 saturated carbocycles. The first-order chi connectivity index (χ1) is 6.70. The van der Waals surface area contributed by atoms with E-state index in [0.717, 1.165) is 0 Å². The molecule has 2 rings (SSSR count). The van der Waals surface area contributed by atoms with E-state index in [0.29, 0.717) is 16.3 Å². The van der Waals surface area contributed by atoms with Crippen molar-refractivity contribution in [3.05, 3.63) is 23.4 Å². The van der Waals surface area contributed by atoms with Crippen LogP contribution in [0.4, 0.5) is 0 Å². The summed E-state index contributed by atoms with van der Waals surface area (Å²) in [4.78, 5) is 8.01. The minimum Gasteiger partial charge on any atom is -0.335 e. The summed E-state index contributed by atoms with van der Waals surface area (Å²) in [6.45, 7) is 0. The molecule has 7 heteroatoms. The van der Waals surface area contributed by atoms with Gasteiger partial charge in [-0.05, 0) is 12.2 Å². The molecule has 0 bridgehead atoms. The van der Waals surface area contributed by atoms with E-state index in [1.807, 2.05) is 0 Å². The molecule has 6 nitrogen and oxygen atoms in total. The van der Waals surface area contributed by atoms with E-state index in [9.17, 15) is 0 Å². The highest BCUT2D eigenvalue weighted by Gasteiger charge is 2.09. The van der Waals surface area contributed by atoms with Crippen LogP contribution in [0.15, 0.2) is 18.6 Å². The van der Waals surface area contributed by atoms with Crippen LogP contribution in [-0.2, 0) is 7.05 Å². The summed E-state index contributed by atoms with van der Waals surface area (Å²) in [5, 5.41) is 4.13. The zero-order valence-electron chi connectivity index (χ0n) is 7.45. The predicted octanol–water partition coefficient (Wildman–Crippen LogP) is 0.122. The Labute approximate surface area is 85.0 Å². The summed E-state index contributed by atoms with van der Waals surface area (Å²) in [5.74, 6) is 6.20. The molecule has 0 saturated heterocycles. The number of rotatable bonds is 1. The smallest absolute Gasteiger partial charge is 0.216 e. The molecule has 72 valence electrons. The molecule has 2 aromatic rings. The molecule has 0 unspecified atom stereocenters. The second-order valence-corrected chi connectivity index (χ2v) is 3.06. The first-order valence-corrected chi connectivity index (χ1v) is 4.28. The zero-order chi connectivity index (χ0) is 10.1. The molecule has 2 N–H and O–H groups in total. The quantitative estimate of drug-likeness (QED) is 0.532. The minimum atomic E-state index is 0.436. The molecule has 14 heavy (non-hydrogen) atoms. The number of hydrogen-bond donors (Lipinski definition) is 1. The van der Waals surface area contributed by atoms with Crippen LogP contribution < -0.4 is 5.84 Å². The highest BCUT2D eigenvalue weighted by molar-refractivity contribution is 7.71. The second kappa shape index (κ2) is 3.18. The van der Waals surface area contributed by atoms with Gasteiger partial charge in [0.1, 0.15) is 5.69 Å². The summed E-state index contributed by atoms with van der Waals surface area (Å²) < 4.78 is 3.25. The van der Waals surface area contributed by atoms with Crippen molar-refractivity contribution in [3.8, 4) is 11.5 Å². The van der Waals surface area contributed by atoms with Crippen LogP contribution in [0.2, 0.25) is 0 Å². The molecule has 0 aromatic carbocycles. The van der Waals surface area contributed by atoms with E-state index in [1.54, 1.807) is 25.6 Å². The number of hydrogen-bond acceptors (Lipinski definition) is 5. The van der Waals surface area contributed by atoms with Gasteiger partial charge in [-0.25, -0.2) is 14.3 Å². The van der Waals surface area contributed by atoms with E-state index >= 15 is 0 Å². The van der Waals surface area contributed by atoms with Crippen molar-refractivity contribution in [1.29, 1.82) is 0 Å². The van der Waals surface area contributed by atoms with Gasteiger partial charge in [-0.2, -0.15) is 0 Å². The fraction of sp³-hybridized carbons (Fsp3) is 0.143. The molecular weight excluding hydrogens is 200 g/mol. The average molecular weight is 208 g/mol. The third-order valence-electron chi connectivity index (χ3n) is 1.75. The number of aromatic nitrogens is 5. The maximum Gasteiger partial charge on any atom is 0.216 e. The third-order valence-corrected chi connectivity index (χ3v) is 2.21. The molecule has 2 heterocycles. The molecular formula is C7H8N6S. The fourth-order valence-corrected chi connectivity index (χ4v) is 1.20. The Hall–Kier alpha value is -1.76. The topological polar surface area (TPSA) is 74.5 Å². The average Bonchev–Trinajstić information content (AvgIpc) is 2.47. The summed E-state index contributed by atoms with van der Waals surface area (Å²) in [6, 6.07) is 0. The molecule has 0 aliphatic rings. The first kappa shape index (κ1) is 8.82. The van der Waals surface area contributed by atoms with Gasteiger partial charge in [-0.3, -0.25) is 4.98 Å². The van der Waals surface area contributed by atoms with Crippen LogP contribution in [0.25, 0.3) is 11.5 Å². The highest BCUT2D eigenvalue weighted by Crippen LogP contribution is 2.10. The molecule has 0 aliphatic heterocycles. The van der Waals surface area contributed by atoms with Crippen LogP contribution >= 0.6 is 12.2 Å². The van der Waals surface area contributed by atoms with Gasteiger partial charge in [0.2, 0.25) is 10.6 Å². The van der Waals surface area contributed by atoms with E-state index < -0.39 is 0 Å². The van der Waals surface area contributed by atoms with Gasteiger partial charge < -0.3 is 5.84 Å². The Morgan fingerprint density at radius 3 is 2.71 bits per heavy atom. The summed E-state index contributed by atoms with van der Waals surface area (Å²) >= 11 is 5.01. The maximum atomic E-state index is 5.70. The monoisotopic (exact) mass is 208 g/mol. The predicted molar refractivity (Wildman–Crippen MR) is 53.2 cm³/mol. The van der Waals surface area contributed by atoms with Gasteiger partial charge >= 0.3 is 0 Å². The second-order valence-electron chi connectivity index (χ2n) is 2.69. The maximum absolute atomic E-state index is 5.70. The van der Waals surface area contributed by atoms with Crippen molar-refractivity contribution < 1.29 is 0 Å². The van der Waals surface area contributed by atoms with Crippen LogP contribution in [0, 0.1) is 4.77 Å². The number of nitrogens with zero attached hydrogens (tertiary/aromatic N) is 5. The van der Waals surface area contributed by atoms with Crippen molar-refractivity contribution >= 4 is 12.2 Å². The zero-order valence-corrected chi connectivity index (χ0v) is 8.27. The number of nitrogens with two attached hydrogens (primary N) is 1. The van der Waals surface area contributed by atoms with E-state index in [4.69, 9.17) is 18.1 Å². The molecule has 0 aliphatic carbocycles. The van der Waals surface area contributed by atoms with Gasteiger partial charge in [0.25, 0.3) is 0 Å². The van der Waals surface area contributed by atoms with Crippen molar-refractivity contribution in [3.63, 3.8) is 0 Å². The van der Waals surface area contributed by atoms with Gasteiger partial charge in [-0.1, -0.05) is 0 Å². The molecule has 2 aromatic heterocycles. The Balaban J connectivity index is 2.64. The van der Waals surface area contributed by atoms with Crippen LogP contribution in [0.1, 0.15) is 0 Å². The normalized spacial score (nSPS) is 10.4. The first-order valence-electron chi connectivity index (χ1n) is 3.87. The van der Waals surface area contributed by atoms with Gasteiger partial charge in [0.05, 0.1) is 6.20 Å². The number of aryl methyl sites for hydroxylation is 1. The van der Waals surface area contributed by atoms with Gasteiger partial charge in [0, 0.05) is 19.4 Å². The SMILES string of the molecule is Cn1nc(-c2cnccn2)n(N)c1=S. The Morgan fingerprint density at radius 1 is 1.43 bits per heavy atom. The highest BCUT2D eigenvalue weighted by atomic mass is 32.1. The standard InChI is InChI=1S/C7H8N6S/c1-12-7(14)13(8)6(11-12)5-4-9-2-3-10-5/h2-4H,8H2,1H3. The van der Waals surface area contributed by atoms with Gasteiger partial charge in [0.15, 0.2) is 0 Å². The third kappa shape index (κ3) is 1.27. The Kier molecular flexibility index (Phi) is 2.01. The van der Waals surface area contributed by atoms with Crippen LogP contribution in [0.5, 0.6) is 0 Å². The Bertz CT molecular complexity index is 499. The number of nitrogen functional groups attached to an aromatic ring is 1. The van der Waals surface area contributed by atoms with Crippen LogP contribution in [0.3, 0.4) is 0 Å². The summed E-state index contributed by atoms with van der Waals surface area (Å²) in [7, 11) is 1.73.